The summed E-state index contributed by atoms with van der Waals surface area (Å²) >= 11 is 0. The number of methoxy groups -OCH3 is 3. The van der Waals surface area contributed by atoms with Gasteiger partial charge in [0.2, 0.25) is 11.0 Å². The Morgan fingerprint density at radius 2 is 1.54 bits per heavy atom. The van der Waals surface area contributed by atoms with E-state index in [1.165, 1.54) is 14.2 Å². The summed E-state index contributed by atoms with van der Waals surface area (Å²) in [5, 5.41) is 0.988. The van der Waals surface area contributed by atoms with Crippen LogP contribution >= 0.6 is 0 Å². The van der Waals surface area contributed by atoms with Crippen molar-refractivity contribution >= 4 is 33.1 Å². The molecule has 0 atom stereocenters. The maximum Gasteiger partial charge on any atom is 0.239 e. The fourth-order valence-corrected chi connectivity index (χ4v) is 2.80. The topological polar surface area (TPSA) is 71.0 Å². The van der Waals surface area contributed by atoms with Crippen molar-refractivity contribution in [3.63, 3.8) is 0 Å². The fourth-order valence-electron chi connectivity index (χ4n) is 2.80. The molecule has 6 nitrogen and oxygen atoms in total. The van der Waals surface area contributed by atoms with Crippen LogP contribution in [0, 0.1) is 0 Å². The summed E-state index contributed by atoms with van der Waals surface area (Å²) < 4.78 is 27.4. The van der Waals surface area contributed by atoms with Crippen LogP contribution in [-0.4, -0.2) is 21.3 Å². The van der Waals surface area contributed by atoms with Crippen LogP contribution in [0.4, 0.5) is 0 Å². The molecule has 122 valence electrons. The zero-order valence-corrected chi connectivity index (χ0v) is 13.3. The van der Waals surface area contributed by atoms with Crippen molar-refractivity contribution in [3.05, 3.63) is 40.6 Å². The molecule has 0 aliphatic rings. The number of furan rings is 1. The minimum atomic E-state index is -0.291. The summed E-state index contributed by atoms with van der Waals surface area (Å²) in [5.41, 5.74) is 1.15. The average Bonchev–Trinajstić information content (AvgIpc) is 2.98. The zero-order chi connectivity index (χ0) is 16.8. The average molecular weight is 326 g/mol. The van der Waals surface area contributed by atoms with Gasteiger partial charge in [0.05, 0.1) is 26.7 Å². The lowest BCUT2D eigenvalue weighted by Crippen LogP contribution is -2.03. The molecular weight excluding hydrogens is 312 g/mol. The number of hydrogen-bond acceptors (Lipinski definition) is 6. The van der Waals surface area contributed by atoms with Crippen LogP contribution in [0.1, 0.15) is 0 Å². The number of fused-ring (bicyclic) bond motifs is 4. The Labute approximate surface area is 136 Å². The highest BCUT2D eigenvalue weighted by Gasteiger charge is 2.19. The molecule has 0 unspecified atom stereocenters. The van der Waals surface area contributed by atoms with Crippen molar-refractivity contribution in [2.75, 3.05) is 21.3 Å². The molecule has 0 fully saturated rings. The van der Waals surface area contributed by atoms with Crippen LogP contribution in [0.5, 0.6) is 17.2 Å². The Kier molecular flexibility index (Phi) is 3.13. The summed E-state index contributed by atoms with van der Waals surface area (Å²) in [6, 6.07) is 8.56. The first-order chi connectivity index (χ1) is 11.7. The molecule has 0 aliphatic carbocycles. The first-order valence-electron chi connectivity index (χ1n) is 7.25. The lowest BCUT2D eigenvalue weighted by molar-refractivity contribution is 0.396. The Morgan fingerprint density at radius 1 is 0.792 bits per heavy atom. The van der Waals surface area contributed by atoms with Gasteiger partial charge in [0, 0.05) is 12.1 Å². The number of hydrogen-bond donors (Lipinski definition) is 0. The van der Waals surface area contributed by atoms with Gasteiger partial charge >= 0.3 is 0 Å². The molecule has 0 saturated carbocycles. The van der Waals surface area contributed by atoms with E-state index in [9.17, 15) is 4.79 Å². The summed E-state index contributed by atoms with van der Waals surface area (Å²) in [6.45, 7) is 0. The minimum absolute atomic E-state index is 0.147. The molecule has 0 radical (unpaired) electrons. The van der Waals surface area contributed by atoms with Crippen LogP contribution in [-0.2, 0) is 0 Å². The van der Waals surface area contributed by atoms with E-state index in [1.807, 2.05) is 0 Å². The van der Waals surface area contributed by atoms with E-state index in [0.717, 1.165) is 0 Å². The molecule has 4 aromatic rings. The van der Waals surface area contributed by atoms with Gasteiger partial charge in [0.1, 0.15) is 33.8 Å². The summed E-state index contributed by atoms with van der Waals surface area (Å²) in [5.74, 6) is 1.56. The van der Waals surface area contributed by atoms with Gasteiger partial charge in [-0.05, 0) is 18.2 Å². The maximum absolute atomic E-state index is 12.9. The summed E-state index contributed by atoms with van der Waals surface area (Å²) in [4.78, 5) is 12.9. The number of rotatable bonds is 3. The van der Waals surface area contributed by atoms with Gasteiger partial charge in [-0.1, -0.05) is 0 Å². The molecule has 2 aromatic heterocycles. The smallest absolute Gasteiger partial charge is 0.239 e. The van der Waals surface area contributed by atoms with E-state index in [2.05, 4.69) is 0 Å². The lowest BCUT2D eigenvalue weighted by atomic mass is 10.1. The molecule has 0 bridgehead atoms. The standard InChI is InChI=1S/C18H14O6/c1-20-9-4-5-12-11(6-9)17-18(23-12)16(19)15-13(22-3)7-10(21-2)8-14(15)24-17/h4-8H,1-3H3. The number of ether oxygens (including phenoxy) is 3. The van der Waals surface area contributed by atoms with Gasteiger partial charge in [-0.15, -0.1) is 0 Å². The van der Waals surface area contributed by atoms with Gasteiger partial charge in [-0.3, -0.25) is 4.79 Å². The van der Waals surface area contributed by atoms with Gasteiger partial charge < -0.3 is 23.0 Å². The molecule has 0 N–H and O–H groups in total. The molecule has 6 heteroatoms. The summed E-state index contributed by atoms with van der Waals surface area (Å²) in [7, 11) is 4.60. The first-order valence-corrected chi connectivity index (χ1v) is 7.25. The van der Waals surface area contributed by atoms with Crippen LogP contribution in [0.25, 0.3) is 33.1 Å². The van der Waals surface area contributed by atoms with Gasteiger partial charge in [0.25, 0.3) is 0 Å². The molecule has 2 aromatic carbocycles. The molecule has 0 amide bonds. The third-order valence-corrected chi connectivity index (χ3v) is 3.99. The highest BCUT2D eigenvalue weighted by atomic mass is 16.5. The molecule has 0 saturated heterocycles. The number of benzene rings is 2. The second-order valence-corrected chi connectivity index (χ2v) is 5.26. The van der Waals surface area contributed by atoms with Crippen molar-refractivity contribution < 1.29 is 23.0 Å². The van der Waals surface area contributed by atoms with Crippen molar-refractivity contribution in [2.24, 2.45) is 0 Å². The largest absolute Gasteiger partial charge is 0.497 e. The van der Waals surface area contributed by atoms with Gasteiger partial charge in [-0.25, -0.2) is 0 Å². The van der Waals surface area contributed by atoms with E-state index < -0.39 is 0 Å². The second kappa shape index (κ2) is 5.19. The molecular formula is C18H14O6. The van der Waals surface area contributed by atoms with Crippen LogP contribution in [0.2, 0.25) is 0 Å². The third-order valence-electron chi connectivity index (χ3n) is 3.99. The molecule has 0 spiro atoms. The predicted octanol–water partition coefficient (Wildman–Crippen LogP) is 3.72. The predicted molar refractivity (Wildman–Crippen MR) is 89.4 cm³/mol. The van der Waals surface area contributed by atoms with E-state index in [1.54, 1.807) is 37.4 Å². The summed E-state index contributed by atoms with van der Waals surface area (Å²) in [6.07, 6.45) is 0. The molecule has 4 rings (SSSR count). The zero-order valence-electron chi connectivity index (χ0n) is 13.3. The minimum Gasteiger partial charge on any atom is -0.497 e. The van der Waals surface area contributed by atoms with Gasteiger partial charge in [-0.2, -0.15) is 0 Å². The van der Waals surface area contributed by atoms with Crippen LogP contribution in [0.15, 0.2) is 44.0 Å². The van der Waals surface area contributed by atoms with E-state index >= 15 is 0 Å². The van der Waals surface area contributed by atoms with Crippen molar-refractivity contribution in [2.45, 2.75) is 0 Å². The SMILES string of the molecule is COc1cc(OC)c2c(=O)c3oc4ccc(OC)cc4c3oc2c1. The molecule has 0 aliphatic heterocycles. The molecule has 2 heterocycles. The van der Waals surface area contributed by atoms with E-state index in [0.29, 0.717) is 44.8 Å². The first kappa shape index (κ1) is 14.4. The van der Waals surface area contributed by atoms with Crippen molar-refractivity contribution in [1.29, 1.82) is 0 Å². The fraction of sp³-hybridized carbons (Fsp3) is 0.167. The van der Waals surface area contributed by atoms with Crippen molar-refractivity contribution in [1.82, 2.24) is 0 Å². The third kappa shape index (κ3) is 1.93. The second-order valence-electron chi connectivity index (χ2n) is 5.26. The van der Waals surface area contributed by atoms with Crippen molar-refractivity contribution in [3.8, 4) is 17.2 Å². The monoisotopic (exact) mass is 326 g/mol. The Balaban J connectivity index is 2.20. The van der Waals surface area contributed by atoms with Gasteiger partial charge in [0.15, 0.2) is 5.58 Å². The van der Waals surface area contributed by atoms with E-state index in [4.69, 9.17) is 23.0 Å². The Morgan fingerprint density at radius 3 is 2.25 bits per heavy atom. The highest BCUT2D eigenvalue weighted by molar-refractivity contribution is 6.05. The Bertz CT molecular complexity index is 1140. The van der Waals surface area contributed by atoms with Crippen LogP contribution in [0.3, 0.4) is 0 Å². The van der Waals surface area contributed by atoms with Crippen LogP contribution < -0.4 is 19.6 Å². The highest BCUT2D eigenvalue weighted by Crippen LogP contribution is 2.35. The quantitative estimate of drug-likeness (QED) is 0.571. The molecule has 24 heavy (non-hydrogen) atoms. The Hall–Kier alpha value is -3.15. The van der Waals surface area contributed by atoms with E-state index in [-0.39, 0.29) is 11.0 Å². The maximum atomic E-state index is 12.9. The normalized spacial score (nSPS) is 11.3. The lowest BCUT2D eigenvalue weighted by Gasteiger charge is -2.07.